The van der Waals surface area contributed by atoms with Gasteiger partial charge in [0, 0.05) is 16.8 Å². The summed E-state index contributed by atoms with van der Waals surface area (Å²) in [6.07, 6.45) is 1.17. The molecule has 0 saturated carbocycles. The van der Waals surface area contributed by atoms with Gasteiger partial charge in [-0.2, -0.15) is 0 Å². The summed E-state index contributed by atoms with van der Waals surface area (Å²) in [5.74, 6) is 0. The van der Waals surface area contributed by atoms with Crippen molar-refractivity contribution < 1.29 is 0 Å². The van der Waals surface area contributed by atoms with Gasteiger partial charge in [0.25, 0.3) is 0 Å². The topological polar surface area (TPSA) is 24.9 Å². The molecule has 0 radical (unpaired) electrons. The maximum Gasteiger partial charge on any atom is 0.0982 e. The predicted octanol–water partition coefficient (Wildman–Crippen LogP) is 3.50. The van der Waals surface area contributed by atoms with Gasteiger partial charge in [-0.05, 0) is 19.9 Å². The molecular formula is C12H22N2S. The molecule has 0 saturated heterocycles. The molecule has 0 amide bonds. The van der Waals surface area contributed by atoms with Crippen LogP contribution in [0.2, 0.25) is 0 Å². The minimum Gasteiger partial charge on any atom is -0.309 e. The van der Waals surface area contributed by atoms with Gasteiger partial charge in [0.2, 0.25) is 0 Å². The maximum atomic E-state index is 4.69. The Morgan fingerprint density at radius 3 is 2.60 bits per heavy atom. The van der Waals surface area contributed by atoms with Crippen molar-refractivity contribution in [3.63, 3.8) is 0 Å². The van der Waals surface area contributed by atoms with Gasteiger partial charge in [-0.1, -0.05) is 27.7 Å². The number of nitrogens with one attached hydrogen (secondary N) is 1. The van der Waals surface area contributed by atoms with Crippen molar-refractivity contribution in [3.05, 3.63) is 16.1 Å². The van der Waals surface area contributed by atoms with E-state index in [0.29, 0.717) is 6.04 Å². The fraction of sp³-hybridized carbons (Fsp3) is 0.750. The van der Waals surface area contributed by atoms with Crippen LogP contribution in [0.5, 0.6) is 0 Å². The fourth-order valence-corrected chi connectivity index (χ4v) is 2.30. The van der Waals surface area contributed by atoms with Crippen LogP contribution in [-0.4, -0.2) is 11.5 Å². The van der Waals surface area contributed by atoms with E-state index < -0.39 is 0 Å². The summed E-state index contributed by atoms with van der Waals surface area (Å²) in [6, 6.07) is 0.372. The summed E-state index contributed by atoms with van der Waals surface area (Å²) in [5, 5.41) is 6.86. The first kappa shape index (κ1) is 12.7. The van der Waals surface area contributed by atoms with Gasteiger partial charge in [0.15, 0.2) is 0 Å². The number of thiazole rings is 1. The molecule has 0 aromatic carbocycles. The van der Waals surface area contributed by atoms with E-state index in [1.54, 1.807) is 11.3 Å². The van der Waals surface area contributed by atoms with Crippen LogP contribution in [0, 0.1) is 0 Å². The first-order valence-corrected chi connectivity index (χ1v) is 6.52. The third kappa shape index (κ3) is 3.58. The standard InChI is InChI=1S/C12H22N2S/c1-6-7-13-9(2)10-8-15-11(14-10)12(3,4)5/h8-9,13H,6-7H2,1-5H3. The average molecular weight is 226 g/mol. The van der Waals surface area contributed by atoms with E-state index in [1.165, 1.54) is 17.1 Å². The van der Waals surface area contributed by atoms with Crippen LogP contribution in [0.25, 0.3) is 0 Å². The smallest absolute Gasteiger partial charge is 0.0982 e. The molecule has 0 bridgehead atoms. The lowest BCUT2D eigenvalue weighted by atomic mass is 9.98. The quantitative estimate of drug-likeness (QED) is 0.850. The van der Waals surface area contributed by atoms with E-state index in [2.05, 4.69) is 45.3 Å². The molecule has 3 heteroatoms. The zero-order valence-corrected chi connectivity index (χ0v) is 11.2. The maximum absolute atomic E-state index is 4.69. The van der Waals surface area contributed by atoms with Gasteiger partial charge in [0.1, 0.15) is 0 Å². The summed E-state index contributed by atoms with van der Waals surface area (Å²) in [7, 11) is 0. The van der Waals surface area contributed by atoms with Crippen LogP contribution in [-0.2, 0) is 5.41 Å². The number of hydrogen-bond acceptors (Lipinski definition) is 3. The Morgan fingerprint density at radius 1 is 1.47 bits per heavy atom. The molecule has 2 nitrogen and oxygen atoms in total. The van der Waals surface area contributed by atoms with Gasteiger partial charge < -0.3 is 5.32 Å². The van der Waals surface area contributed by atoms with Crippen molar-refractivity contribution in [1.29, 1.82) is 0 Å². The normalized spacial score (nSPS) is 14.2. The van der Waals surface area contributed by atoms with Crippen LogP contribution in [0.1, 0.15) is 57.8 Å². The molecule has 1 rings (SSSR count). The Labute approximate surface area is 97.1 Å². The molecule has 0 fully saturated rings. The highest BCUT2D eigenvalue weighted by Gasteiger charge is 2.19. The lowest BCUT2D eigenvalue weighted by molar-refractivity contribution is 0.545. The van der Waals surface area contributed by atoms with Gasteiger partial charge >= 0.3 is 0 Å². The van der Waals surface area contributed by atoms with Gasteiger partial charge in [0.05, 0.1) is 10.7 Å². The molecule has 1 aromatic heterocycles. The first-order chi connectivity index (χ1) is 6.95. The zero-order valence-electron chi connectivity index (χ0n) is 10.4. The van der Waals surface area contributed by atoms with Crippen LogP contribution in [0.15, 0.2) is 5.38 Å². The van der Waals surface area contributed by atoms with E-state index in [9.17, 15) is 0 Å². The second-order valence-electron chi connectivity index (χ2n) is 5.00. The van der Waals surface area contributed by atoms with E-state index >= 15 is 0 Å². The van der Waals surface area contributed by atoms with Gasteiger partial charge in [-0.3, -0.25) is 0 Å². The van der Waals surface area contributed by atoms with Crippen molar-refractivity contribution in [2.24, 2.45) is 0 Å². The van der Waals surface area contributed by atoms with E-state index in [4.69, 9.17) is 4.98 Å². The molecule has 0 aliphatic carbocycles. The van der Waals surface area contributed by atoms with Crippen LogP contribution in [0.3, 0.4) is 0 Å². The third-order valence-electron chi connectivity index (χ3n) is 2.31. The lowest BCUT2D eigenvalue weighted by Crippen LogP contribution is -2.20. The molecule has 86 valence electrons. The summed E-state index contributed by atoms with van der Waals surface area (Å²) in [5.41, 5.74) is 1.35. The molecule has 1 heterocycles. The van der Waals surface area contributed by atoms with Crippen LogP contribution < -0.4 is 5.32 Å². The third-order valence-corrected chi connectivity index (χ3v) is 3.59. The van der Waals surface area contributed by atoms with Crippen molar-refractivity contribution in [2.45, 2.75) is 52.5 Å². The van der Waals surface area contributed by atoms with E-state index in [1.807, 2.05) is 0 Å². The Bertz CT molecular complexity index is 299. The molecule has 15 heavy (non-hydrogen) atoms. The van der Waals surface area contributed by atoms with E-state index in [-0.39, 0.29) is 5.41 Å². The fourth-order valence-electron chi connectivity index (χ4n) is 1.29. The SMILES string of the molecule is CCCNC(C)c1csc(C(C)(C)C)n1. The molecule has 1 atom stereocenters. The van der Waals surface area contributed by atoms with Crippen molar-refractivity contribution in [2.75, 3.05) is 6.54 Å². The summed E-state index contributed by atoms with van der Waals surface area (Å²) in [4.78, 5) is 4.69. The molecule has 0 aliphatic rings. The Kier molecular flexibility index (Phi) is 4.29. The highest BCUT2D eigenvalue weighted by atomic mass is 32.1. The minimum absolute atomic E-state index is 0.174. The van der Waals surface area contributed by atoms with Gasteiger partial charge in [-0.25, -0.2) is 4.98 Å². The monoisotopic (exact) mass is 226 g/mol. The number of rotatable bonds is 4. The molecule has 1 unspecified atom stereocenters. The minimum atomic E-state index is 0.174. The van der Waals surface area contributed by atoms with Crippen LogP contribution in [0.4, 0.5) is 0 Å². The second-order valence-corrected chi connectivity index (χ2v) is 5.86. The number of hydrogen-bond donors (Lipinski definition) is 1. The summed E-state index contributed by atoms with van der Waals surface area (Å²) in [6.45, 7) is 12.0. The Morgan fingerprint density at radius 2 is 2.13 bits per heavy atom. The zero-order chi connectivity index (χ0) is 11.5. The summed E-state index contributed by atoms with van der Waals surface area (Å²) >= 11 is 1.77. The predicted molar refractivity (Wildman–Crippen MR) is 67.5 cm³/mol. The molecule has 1 aromatic rings. The molecule has 0 spiro atoms. The number of nitrogens with zero attached hydrogens (tertiary/aromatic N) is 1. The van der Waals surface area contributed by atoms with E-state index in [0.717, 1.165) is 6.54 Å². The van der Waals surface area contributed by atoms with Crippen LogP contribution >= 0.6 is 11.3 Å². The molecular weight excluding hydrogens is 204 g/mol. The highest BCUT2D eigenvalue weighted by Crippen LogP contribution is 2.27. The average Bonchev–Trinajstić information content (AvgIpc) is 2.62. The summed E-state index contributed by atoms with van der Waals surface area (Å²) < 4.78 is 0. The van der Waals surface area contributed by atoms with Gasteiger partial charge in [-0.15, -0.1) is 11.3 Å². The largest absolute Gasteiger partial charge is 0.309 e. The Hall–Kier alpha value is -0.410. The van der Waals surface area contributed by atoms with Crippen molar-refractivity contribution >= 4 is 11.3 Å². The lowest BCUT2D eigenvalue weighted by Gasteiger charge is -2.14. The number of aromatic nitrogens is 1. The molecule has 1 N–H and O–H groups in total. The van der Waals surface area contributed by atoms with Crippen molar-refractivity contribution in [3.8, 4) is 0 Å². The second kappa shape index (κ2) is 5.08. The molecule has 0 aliphatic heterocycles. The Balaban J connectivity index is 2.67. The van der Waals surface area contributed by atoms with Crippen molar-refractivity contribution in [1.82, 2.24) is 10.3 Å². The highest BCUT2D eigenvalue weighted by molar-refractivity contribution is 7.09. The first-order valence-electron chi connectivity index (χ1n) is 5.64.